The van der Waals surface area contributed by atoms with E-state index in [-0.39, 0.29) is 12.6 Å². The van der Waals surface area contributed by atoms with Gasteiger partial charge in [0.05, 0.1) is 0 Å². The van der Waals surface area contributed by atoms with Crippen LogP contribution in [0.1, 0.15) is 51.8 Å². The first-order valence-corrected chi connectivity index (χ1v) is 8.43. The van der Waals surface area contributed by atoms with Gasteiger partial charge in [-0.15, -0.1) is 0 Å². The molecule has 1 heterocycles. The molecular formula is C16H27F3N4O2. The van der Waals surface area contributed by atoms with Crippen LogP contribution in [-0.2, 0) is 12.6 Å². The van der Waals surface area contributed by atoms with Crippen LogP contribution >= 0.6 is 0 Å². The van der Waals surface area contributed by atoms with Gasteiger partial charge in [-0.25, -0.2) is 9.78 Å². The second-order valence-electron chi connectivity index (χ2n) is 6.27. The monoisotopic (exact) mass is 364 g/mol. The smallest absolute Gasteiger partial charge is 0.374 e. The van der Waals surface area contributed by atoms with E-state index in [1.807, 2.05) is 6.92 Å². The van der Waals surface area contributed by atoms with Crippen molar-refractivity contribution in [3.63, 3.8) is 0 Å². The third-order valence-electron chi connectivity index (χ3n) is 4.05. The number of aliphatic hydroxyl groups is 1. The molecule has 3 N–H and O–H groups in total. The van der Waals surface area contributed by atoms with Gasteiger partial charge in [-0.2, -0.15) is 13.2 Å². The van der Waals surface area contributed by atoms with E-state index in [4.69, 9.17) is 0 Å². The summed E-state index contributed by atoms with van der Waals surface area (Å²) in [7, 11) is 1.37. The highest BCUT2D eigenvalue weighted by molar-refractivity contribution is 5.74. The molecule has 9 heteroatoms. The SMILES string of the molecule is CCCCCC(C)NC(=O)NCCC(O)(c1nccn1C)C(F)(F)F. The first kappa shape index (κ1) is 21.3. The Morgan fingerprint density at radius 1 is 1.40 bits per heavy atom. The minimum absolute atomic E-state index is 0.0670. The topological polar surface area (TPSA) is 79.2 Å². The normalized spacial score (nSPS) is 15.5. The Bertz CT molecular complexity index is 548. The molecule has 2 amide bonds. The van der Waals surface area contributed by atoms with Crippen LogP contribution in [-0.4, -0.2) is 39.5 Å². The van der Waals surface area contributed by atoms with Crippen molar-refractivity contribution < 1.29 is 23.1 Å². The number of urea groups is 1. The van der Waals surface area contributed by atoms with Crippen LogP contribution in [0.4, 0.5) is 18.0 Å². The van der Waals surface area contributed by atoms with E-state index in [9.17, 15) is 23.1 Å². The van der Waals surface area contributed by atoms with Gasteiger partial charge in [0.2, 0.25) is 5.60 Å². The number of carbonyl (C=O) groups excluding carboxylic acids is 1. The van der Waals surface area contributed by atoms with Gasteiger partial charge in [0.1, 0.15) is 5.82 Å². The maximum atomic E-state index is 13.3. The van der Waals surface area contributed by atoms with E-state index >= 15 is 0 Å². The van der Waals surface area contributed by atoms with Crippen LogP contribution in [0.2, 0.25) is 0 Å². The fourth-order valence-corrected chi connectivity index (χ4v) is 2.55. The fourth-order valence-electron chi connectivity index (χ4n) is 2.55. The molecule has 144 valence electrons. The summed E-state index contributed by atoms with van der Waals surface area (Å²) in [5, 5.41) is 15.2. The molecule has 1 aromatic rings. The molecule has 25 heavy (non-hydrogen) atoms. The van der Waals surface area contributed by atoms with Crippen molar-refractivity contribution in [2.75, 3.05) is 6.54 Å². The minimum atomic E-state index is -4.91. The number of nitrogens with zero attached hydrogens (tertiary/aromatic N) is 2. The second-order valence-corrected chi connectivity index (χ2v) is 6.27. The van der Waals surface area contributed by atoms with E-state index in [1.165, 1.54) is 19.4 Å². The highest BCUT2D eigenvalue weighted by Gasteiger charge is 2.57. The van der Waals surface area contributed by atoms with Crippen LogP contribution in [0.15, 0.2) is 12.4 Å². The van der Waals surface area contributed by atoms with Crippen molar-refractivity contribution >= 4 is 6.03 Å². The number of hydrogen-bond acceptors (Lipinski definition) is 3. The lowest BCUT2D eigenvalue weighted by molar-refractivity contribution is -0.272. The fraction of sp³-hybridized carbons (Fsp3) is 0.750. The summed E-state index contributed by atoms with van der Waals surface area (Å²) < 4.78 is 41.1. The standard InChI is InChI=1S/C16H27F3N4O2/c1-4-5-6-7-12(2)22-14(24)21-9-8-15(25,16(17,18)19)13-20-10-11-23(13)3/h10-12,25H,4-9H2,1-3H3,(H2,21,22,24). The molecule has 0 spiro atoms. The zero-order valence-electron chi connectivity index (χ0n) is 14.9. The molecule has 2 unspecified atom stereocenters. The third-order valence-corrected chi connectivity index (χ3v) is 4.05. The highest BCUT2D eigenvalue weighted by atomic mass is 19.4. The first-order chi connectivity index (χ1) is 11.6. The van der Waals surface area contributed by atoms with Crippen molar-refractivity contribution in [2.45, 2.75) is 63.8 Å². The Labute approximate surface area is 145 Å². The number of aromatic nitrogens is 2. The molecule has 0 aromatic carbocycles. The van der Waals surface area contributed by atoms with Crippen molar-refractivity contribution in [1.29, 1.82) is 0 Å². The number of carbonyl (C=O) groups is 1. The van der Waals surface area contributed by atoms with Gasteiger partial charge >= 0.3 is 12.2 Å². The molecule has 2 atom stereocenters. The van der Waals surface area contributed by atoms with Gasteiger partial charge in [0, 0.05) is 38.4 Å². The van der Waals surface area contributed by atoms with Gasteiger partial charge in [-0.3, -0.25) is 0 Å². The molecule has 0 bridgehead atoms. The average Bonchev–Trinajstić information content (AvgIpc) is 2.92. The Morgan fingerprint density at radius 2 is 2.08 bits per heavy atom. The molecule has 0 saturated carbocycles. The van der Waals surface area contributed by atoms with E-state index < -0.39 is 30.1 Å². The Hall–Kier alpha value is -1.77. The second kappa shape index (κ2) is 9.07. The summed E-state index contributed by atoms with van der Waals surface area (Å²) in [4.78, 5) is 15.4. The summed E-state index contributed by atoms with van der Waals surface area (Å²) in [5.74, 6) is -0.504. The summed E-state index contributed by atoms with van der Waals surface area (Å²) in [6, 6.07) is -0.615. The third kappa shape index (κ3) is 5.91. The van der Waals surface area contributed by atoms with Gasteiger partial charge in [-0.05, 0) is 13.3 Å². The van der Waals surface area contributed by atoms with Crippen LogP contribution in [0.25, 0.3) is 0 Å². The zero-order chi connectivity index (χ0) is 19.1. The molecule has 0 fully saturated rings. The Morgan fingerprint density at radius 3 is 2.60 bits per heavy atom. The summed E-state index contributed by atoms with van der Waals surface area (Å²) in [6.45, 7) is 3.58. The van der Waals surface area contributed by atoms with E-state index in [0.29, 0.717) is 0 Å². The van der Waals surface area contributed by atoms with Crippen molar-refractivity contribution in [3.8, 4) is 0 Å². The maximum Gasteiger partial charge on any atom is 0.424 e. The number of rotatable bonds is 9. The number of nitrogens with one attached hydrogen (secondary N) is 2. The van der Waals surface area contributed by atoms with Gasteiger partial charge < -0.3 is 20.3 Å². The average molecular weight is 364 g/mol. The highest BCUT2D eigenvalue weighted by Crippen LogP contribution is 2.40. The quantitative estimate of drug-likeness (QED) is 0.590. The first-order valence-electron chi connectivity index (χ1n) is 8.43. The van der Waals surface area contributed by atoms with Gasteiger partial charge in [0.25, 0.3) is 0 Å². The number of amides is 2. The van der Waals surface area contributed by atoms with Crippen LogP contribution in [0.5, 0.6) is 0 Å². The molecule has 0 aliphatic carbocycles. The Balaban J connectivity index is 2.56. The van der Waals surface area contributed by atoms with E-state index in [2.05, 4.69) is 22.5 Å². The number of unbranched alkanes of at least 4 members (excludes halogenated alkanes) is 2. The molecule has 1 rings (SSSR count). The number of halogens is 3. The van der Waals surface area contributed by atoms with Gasteiger partial charge in [0.15, 0.2) is 0 Å². The summed E-state index contributed by atoms with van der Waals surface area (Å²) >= 11 is 0. The largest absolute Gasteiger partial charge is 0.424 e. The summed E-state index contributed by atoms with van der Waals surface area (Å²) in [5.41, 5.74) is -3.12. The molecule has 1 aromatic heterocycles. The molecule has 0 aliphatic rings. The zero-order valence-corrected chi connectivity index (χ0v) is 14.9. The van der Waals surface area contributed by atoms with Crippen molar-refractivity contribution in [2.24, 2.45) is 7.05 Å². The lowest BCUT2D eigenvalue weighted by Gasteiger charge is -2.30. The number of alkyl halides is 3. The molecule has 0 radical (unpaired) electrons. The van der Waals surface area contributed by atoms with Crippen molar-refractivity contribution in [3.05, 3.63) is 18.2 Å². The number of imidazole rings is 1. The van der Waals surface area contributed by atoms with Gasteiger partial charge in [-0.1, -0.05) is 26.2 Å². The lowest BCUT2D eigenvalue weighted by atomic mass is 9.97. The van der Waals surface area contributed by atoms with Crippen LogP contribution < -0.4 is 10.6 Å². The molecule has 6 nitrogen and oxygen atoms in total. The van der Waals surface area contributed by atoms with E-state index in [1.54, 1.807) is 0 Å². The summed E-state index contributed by atoms with van der Waals surface area (Å²) in [6.07, 6.45) is 0.801. The molecular weight excluding hydrogens is 337 g/mol. The predicted molar refractivity (Wildman–Crippen MR) is 87.9 cm³/mol. The maximum absolute atomic E-state index is 13.3. The molecule has 0 aliphatic heterocycles. The number of aryl methyl sites for hydroxylation is 1. The van der Waals surface area contributed by atoms with Crippen molar-refractivity contribution in [1.82, 2.24) is 20.2 Å². The van der Waals surface area contributed by atoms with Crippen LogP contribution in [0.3, 0.4) is 0 Å². The Kier molecular flexibility index (Phi) is 7.72. The number of hydrogen-bond donors (Lipinski definition) is 3. The minimum Gasteiger partial charge on any atom is -0.374 e. The molecule has 0 saturated heterocycles. The predicted octanol–water partition coefficient (Wildman–Crippen LogP) is 2.83. The van der Waals surface area contributed by atoms with E-state index in [0.717, 1.165) is 30.3 Å². The van der Waals surface area contributed by atoms with Crippen LogP contribution in [0, 0.1) is 0 Å². The lowest BCUT2D eigenvalue weighted by Crippen LogP contribution is -2.48.